The van der Waals surface area contributed by atoms with E-state index >= 15 is 0 Å². The summed E-state index contributed by atoms with van der Waals surface area (Å²) >= 11 is 0. The molecular weight excluding hydrogens is 484 g/mol. The van der Waals surface area contributed by atoms with Crippen LogP contribution in [-0.2, 0) is 4.74 Å². The second-order valence-electron chi connectivity index (χ2n) is 14.0. The maximum absolute atomic E-state index is 5.97. The molecule has 0 amide bonds. The predicted molar refractivity (Wildman–Crippen MR) is 184 cm³/mol. The van der Waals surface area contributed by atoms with E-state index < -0.39 is 0 Å². The smallest absolute Gasteiger partial charge is 0.0578 e. The molecule has 0 aromatic rings. The SMILES string of the molecule is CCCCCCCCCCCCCCCC.CCCCCCCCCCCCCCCC1CC(CC(C)C)CO1. The van der Waals surface area contributed by atoms with Crippen LogP contribution in [0.1, 0.15) is 227 Å². The Balaban J connectivity index is 0.000000829. The van der Waals surface area contributed by atoms with Crippen molar-refractivity contribution in [1.82, 2.24) is 0 Å². The van der Waals surface area contributed by atoms with Crippen LogP contribution in [0.2, 0.25) is 0 Å². The molecule has 242 valence electrons. The molecule has 1 rings (SSSR count). The zero-order chi connectivity index (χ0) is 29.4. The predicted octanol–water partition coefficient (Wildman–Crippen LogP) is 14.4. The second-order valence-corrected chi connectivity index (χ2v) is 14.0. The second kappa shape index (κ2) is 33.5. The molecule has 40 heavy (non-hydrogen) atoms. The number of hydrogen-bond donors (Lipinski definition) is 0. The molecule has 0 N–H and O–H groups in total. The molecule has 1 heterocycles. The minimum atomic E-state index is 0.585. The van der Waals surface area contributed by atoms with E-state index in [4.69, 9.17) is 4.74 Å². The highest BCUT2D eigenvalue weighted by molar-refractivity contribution is 4.74. The van der Waals surface area contributed by atoms with Gasteiger partial charge in [-0.1, -0.05) is 208 Å². The van der Waals surface area contributed by atoms with Gasteiger partial charge in [0, 0.05) is 6.61 Å². The number of hydrogen-bond acceptors (Lipinski definition) is 1. The summed E-state index contributed by atoms with van der Waals surface area (Å²) in [5.41, 5.74) is 0. The van der Waals surface area contributed by atoms with Crippen LogP contribution in [0.4, 0.5) is 0 Å². The quantitative estimate of drug-likeness (QED) is 0.0821. The standard InChI is InChI=1S/C23H46O.C16H34/c1-4-5-6-7-8-9-10-11-12-13-14-15-16-17-23-19-22(20-24-23)18-21(2)3;1-3-5-7-9-11-13-15-16-14-12-10-8-6-4-2/h21-23H,4-20H2,1-3H3;3-16H2,1-2H3. The molecule has 1 aliphatic rings. The van der Waals surface area contributed by atoms with Gasteiger partial charge >= 0.3 is 0 Å². The highest BCUT2D eigenvalue weighted by Crippen LogP contribution is 2.28. The third-order valence-electron chi connectivity index (χ3n) is 9.06. The lowest BCUT2D eigenvalue weighted by Gasteiger charge is -2.11. The highest BCUT2D eigenvalue weighted by Gasteiger charge is 2.25. The van der Waals surface area contributed by atoms with Crippen LogP contribution in [0.5, 0.6) is 0 Å². The number of rotatable bonds is 29. The van der Waals surface area contributed by atoms with Gasteiger partial charge in [0.15, 0.2) is 0 Å². The van der Waals surface area contributed by atoms with Crippen molar-refractivity contribution in [3.8, 4) is 0 Å². The molecule has 1 aliphatic heterocycles. The summed E-state index contributed by atoms with van der Waals surface area (Å²) in [5.74, 6) is 1.67. The first kappa shape index (κ1) is 40.0. The van der Waals surface area contributed by atoms with Crippen molar-refractivity contribution in [1.29, 1.82) is 0 Å². The Hall–Kier alpha value is -0.0400. The summed E-state index contributed by atoms with van der Waals surface area (Å²) in [7, 11) is 0. The molecule has 1 nitrogen and oxygen atoms in total. The molecule has 2 atom stereocenters. The molecule has 0 radical (unpaired) electrons. The van der Waals surface area contributed by atoms with E-state index in [0.717, 1.165) is 18.4 Å². The fourth-order valence-electron chi connectivity index (χ4n) is 6.47. The first-order chi connectivity index (χ1) is 19.6. The van der Waals surface area contributed by atoms with Crippen molar-refractivity contribution in [2.24, 2.45) is 11.8 Å². The van der Waals surface area contributed by atoms with Crippen LogP contribution < -0.4 is 0 Å². The zero-order valence-electron chi connectivity index (χ0n) is 29.1. The summed E-state index contributed by atoms with van der Waals surface area (Å²) < 4.78 is 5.97. The molecule has 0 bridgehead atoms. The fourth-order valence-corrected chi connectivity index (χ4v) is 6.47. The van der Waals surface area contributed by atoms with E-state index in [1.807, 2.05) is 0 Å². The minimum Gasteiger partial charge on any atom is -0.378 e. The van der Waals surface area contributed by atoms with Crippen molar-refractivity contribution in [2.45, 2.75) is 233 Å². The minimum absolute atomic E-state index is 0.585. The topological polar surface area (TPSA) is 9.23 Å². The Labute approximate surface area is 256 Å². The summed E-state index contributed by atoms with van der Waals surface area (Å²) in [4.78, 5) is 0. The van der Waals surface area contributed by atoms with Crippen molar-refractivity contribution in [3.63, 3.8) is 0 Å². The van der Waals surface area contributed by atoms with Gasteiger partial charge in [-0.3, -0.25) is 0 Å². The third-order valence-corrected chi connectivity index (χ3v) is 9.06. The van der Waals surface area contributed by atoms with Crippen molar-refractivity contribution in [3.05, 3.63) is 0 Å². The van der Waals surface area contributed by atoms with E-state index in [9.17, 15) is 0 Å². The van der Waals surface area contributed by atoms with Gasteiger partial charge in [0.1, 0.15) is 0 Å². The molecule has 1 fully saturated rings. The van der Waals surface area contributed by atoms with Crippen LogP contribution >= 0.6 is 0 Å². The lowest BCUT2D eigenvalue weighted by Crippen LogP contribution is -2.05. The van der Waals surface area contributed by atoms with Crippen LogP contribution in [-0.4, -0.2) is 12.7 Å². The Morgan fingerprint density at radius 1 is 0.450 bits per heavy atom. The molecule has 0 saturated carbocycles. The monoisotopic (exact) mass is 565 g/mol. The molecule has 1 heteroatoms. The zero-order valence-corrected chi connectivity index (χ0v) is 29.1. The third kappa shape index (κ3) is 30.9. The van der Waals surface area contributed by atoms with Crippen LogP contribution in [0.3, 0.4) is 0 Å². The summed E-state index contributed by atoms with van der Waals surface area (Å²) in [6.07, 6.45) is 43.8. The van der Waals surface area contributed by atoms with Gasteiger partial charge in [-0.25, -0.2) is 0 Å². The lowest BCUT2D eigenvalue weighted by atomic mass is 9.93. The normalized spacial score (nSPS) is 16.9. The van der Waals surface area contributed by atoms with Crippen LogP contribution in [0.15, 0.2) is 0 Å². The number of unbranched alkanes of at least 4 members (excludes halogenated alkanes) is 25. The summed E-state index contributed by atoms with van der Waals surface area (Å²) in [5, 5.41) is 0. The van der Waals surface area contributed by atoms with E-state index in [-0.39, 0.29) is 0 Å². The Kier molecular flexibility index (Phi) is 33.4. The maximum Gasteiger partial charge on any atom is 0.0578 e. The molecule has 0 spiro atoms. The highest BCUT2D eigenvalue weighted by atomic mass is 16.5. The summed E-state index contributed by atoms with van der Waals surface area (Å²) in [6.45, 7) is 12.6. The summed E-state index contributed by atoms with van der Waals surface area (Å²) in [6, 6.07) is 0. The molecule has 0 aromatic heterocycles. The first-order valence-corrected chi connectivity index (χ1v) is 19.2. The van der Waals surface area contributed by atoms with E-state index in [2.05, 4.69) is 34.6 Å². The van der Waals surface area contributed by atoms with Gasteiger partial charge < -0.3 is 4.74 Å². The van der Waals surface area contributed by atoms with Crippen molar-refractivity contribution in [2.75, 3.05) is 6.61 Å². The fraction of sp³-hybridized carbons (Fsp3) is 1.00. The number of ether oxygens (including phenoxy) is 1. The van der Waals surface area contributed by atoms with Gasteiger partial charge in [0.25, 0.3) is 0 Å². The van der Waals surface area contributed by atoms with Gasteiger partial charge in [-0.2, -0.15) is 0 Å². The molecular formula is C39H80O. The molecule has 0 aliphatic carbocycles. The van der Waals surface area contributed by atoms with Gasteiger partial charge in [0.05, 0.1) is 6.10 Å². The van der Waals surface area contributed by atoms with Gasteiger partial charge in [-0.05, 0) is 31.1 Å². The first-order valence-electron chi connectivity index (χ1n) is 19.2. The van der Waals surface area contributed by atoms with E-state index in [0.29, 0.717) is 6.10 Å². The Morgan fingerprint density at radius 2 is 0.750 bits per heavy atom. The van der Waals surface area contributed by atoms with Crippen molar-refractivity contribution >= 4 is 0 Å². The van der Waals surface area contributed by atoms with E-state index in [1.54, 1.807) is 0 Å². The van der Waals surface area contributed by atoms with Gasteiger partial charge in [-0.15, -0.1) is 0 Å². The maximum atomic E-state index is 5.97. The molecule has 1 saturated heterocycles. The average Bonchev–Trinajstić information content (AvgIpc) is 3.38. The van der Waals surface area contributed by atoms with Crippen molar-refractivity contribution < 1.29 is 4.74 Å². The Morgan fingerprint density at radius 3 is 1.05 bits per heavy atom. The van der Waals surface area contributed by atoms with E-state index in [1.165, 1.54) is 193 Å². The average molecular weight is 565 g/mol. The lowest BCUT2D eigenvalue weighted by molar-refractivity contribution is 0.0967. The van der Waals surface area contributed by atoms with Gasteiger partial charge in [0.2, 0.25) is 0 Å². The molecule has 0 aromatic carbocycles. The van der Waals surface area contributed by atoms with Crippen LogP contribution in [0.25, 0.3) is 0 Å². The molecule has 2 unspecified atom stereocenters. The van der Waals surface area contributed by atoms with Crippen LogP contribution in [0, 0.1) is 11.8 Å². The Bertz CT molecular complexity index is 430. The largest absolute Gasteiger partial charge is 0.378 e.